The van der Waals surface area contributed by atoms with Gasteiger partial charge in [0, 0.05) is 0 Å². The number of hydrogen-bond acceptors (Lipinski definition) is 2. The molecule has 2 heteroatoms. The van der Waals surface area contributed by atoms with Crippen molar-refractivity contribution in [2.24, 2.45) is 22.7 Å². The number of esters is 1. The van der Waals surface area contributed by atoms with Crippen molar-refractivity contribution in [3.05, 3.63) is 0 Å². The SMILES string of the molecule is CCC(C)C(C)(CC(C)(C)CC)C(=O)OC(C)(C)C1CCCCC1. The molecule has 1 saturated carbocycles. The summed E-state index contributed by atoms with van der Waals surface area (Å²) in [7, 11) is 0. The molecule has 0 aromatic heterocycles. The summed E-state index contributed by atoms with van der Waals surface area (Å²) < 4.78 is 6.22. The van der Waals surface area contributed by atoms with E-state index in [0.717, 1.165) is 19.3 Å². The monoisotopic (exact) mass is 338 g/mol. The van der Waals surface area contributed by atoms with Gasteiger partial charge in [-0.15, -0.1) is 0 Å². The molecule has 0 heterocycles. The lowest BCUT2D eigenvalue weighted by Gasteiger charge is -2.43. The minimum atomic E-state index is -0.403. The van der Waals surface area contributed by atoms with Crippen molar-refractivity contribution in [1.29, 1.82) is 0 Å². The number of ether oxygens (including phenoxy) is 1. The second-order valence-corrected chi connectivity index (χ2v) is 9.75. The summed E-state index contributed by atoms with van der Waals surface area (Å²) >= 11 is 0. The smallest absolute Gasteiger partial charge is 0.312 e. The molecule has 0 aromatic carbocycles. The molecule has 0 saturated heterocycles. The molecule has 0 N–H and O–H groups in total. The van der Waals surface area contributed by atoms with Crippen molar-refractivity contribution in [2.75, 3.05) is 0 Å². The van der Waals surface area contributed by atoms with Crippen LogP contribution in [0, 0.1) is 22.7 Å². The van der Waals surface area contributed by atoms with E-state index in [-0.39, 0.29) is 17.0 Å². The van der Waals surface area contributed by atoms with Gasteiger partial charge in [0.05, 0.1) is 5.41 Å². The maximum absolute atomic E-state index is 13.3. The summed E-state index contributed by atoms with van der Waals surface area (Å²) in [5, 5.41) is 0. The Bertz CT molecular complexity index is 404. The zero-order valence-corrected chi connectivity index (χ0v) is 17.6. The van der Waals surface area contributed by atoms with E-state index in [4.69, 9.17) is 4.74 Å². The van der Waals surface area contributed by atoms with Crippen LogP contribution in [0.1, 0.15) is 107 Å². The molecule has 24 heavy (non-hydrogen) atoms. The quantitative estimate of drug-likeness (QED) is 0.457. The molecular formula is C22H42O2. The summed E-state index contributed by atoms with van der Waals surface area (Å²) in [5.41, 5.74) is -0.588. The zero-order chi connectivity index (χ0) is 18.6. The molecule has 0 bridgehead atoms. The van der Waals surface area contributed by atoms with E-state index in [1.165, 1.54) is 32.1 Å². The van der Waals surface area contributed by atoms with Gasteiger partial charge in [-0.05, 0) is 57.3 Å². The minimum absolute atomic E-state index is 0.0222. The molecular weight excluding hydrogens is 296 g/mol. The Morgan fingerprint density at radius 2 is 1.58 bits per heavy atom. The number of hydrogen-bond donors (Lipinski definition) is 0. The van der Waals surface area contributed by atoms with Gasteiger partial charge >= 0.3 is 5.97 Å². The first-order valence-electron chi connectivity index (χ1n) is 10.2. The molecule has 0 spiro atoms. The fraction of sp³-hybridized carbons (Fsp3) is 0.955. The maximum Gasteiger partial charge on any atom is 0.312 e. The first-order valence-corrected chi connectivity index (χ1v) is 10.2. The number of carbonyl (C=O) groups excluding carboxylic acids is 1. The third-order valence-corrected chi connectivity index (χ3v) is 6.91. The molecule has 2 nitrogen and oxygen atoms in total. The standard InChI is InChI=1S/C22H42O2/c1-9-17(3)22(8,16-20(4,5)10-2)19(23)24-21(6,7)18-14-12-11-13-15-18/h17-18H,9-16H2,1-8H3. The van der Waals surface area contributed by atoms with Crippen molar-refractivity contribution < 1.29 is 9.53 Å². The Labute approximate surface area is 151 Å². The number of carbonyl (C=O) groups is 1. The summed E-state index contributed by atoms with van der Waals surface area (Å²) in [6, 6.07) is 0. The third kappa shape index (κ3) is 5.23. The predicted molar refractivity (Wildman–Crippen MR) is 103 cm³/mol. The van der Waals surface area contributed by atoms with Crippen molar-refractivity contribution >= 4 is 5.97 Å². The molecule has 1 rings (SSSR count). The Balaban J connectivity index is 2.95. The molecule has 0 aliphatic heterocycles. The first kappa shape index (κ1) is 21.5. The third-order valence-electron chi connectivity index (χ3n) is 6.91. The minimum Gasteiger partial charge on any atom is -0.459 e. The van der Waals surface area contributed by atoms with Crippen LogP contribution in [0.2, 0.25) is 0 Å². The molecule has 0 radical (unpaired) electrons. The van der Waals surface area contributed by atoms with Gasteiger partial charge in [0.25, 0.3) is 0 Å². The zero-order valence-electron chi connectivity index (χ0n) is 17.6. The van der Waals surface area contributed by atoms with E-state index in [1.807, 2.05) is 0 Å². The second kappa shape index (κ2) is 8.23. The molecule has 0 amide bonds. The van der Waals surface area contributed by atoms with Crippen LogP contribution in [0.25, 0.3) is 0 Å². The van der Waals surface area contributed by atoms with Crippen LogP contribution in [-0.2, 0) is 9.53 Å². The molecule has 142 valence electrons. The van der Waals surface area contributed by atoms with Crippen LogP contribution < -0.4 is 0 Å². The first-order chi connectivity index (χ1) is 11.0. The van der Waals surface area contributed by atoms with Crippen LogP contribution in [-0.4, -0.2) is 11.6 Å². The van der Waals surface area contributed by atoms with Crippen molar-refractivity contribution in [3.63, 3.8) is 0 Å². The van der Waals surface area contributed by atoms with Crippen molar-refractivity contribution in [3.8, 4) is 0 Å². The lowest BCUT2D eigenvalue weighted by molar-refractivity contribution is -0.180. The molecule has 1 fully saturated rings. The Morgan fingerprint density at radius 1 is 1.04 bits per heavy atom. The highest BCUT2D eigenvalue weighted by molar-refractivity contribution is 5.77. The molecule has 1 aliphatic carbocycles. The Kier molecular flexibility index (Phi) is 7.38. The van der Waals surface area contributed by atoms with Gasteiger partial charge in [-0.2, -0.15) is 0 Å². The van der Waals surface area contributed by atoms with Crippen LogP contribution in [0.5, 0.6) is 0 Å². The predicted octanol–water partition coefficient (Wildman–Crippen LogP) is 6.77. The van der Waals surface area contributed by atoms with E-state index in [0.29, 0.717) is 11.8 Å². The summed E-state index contributed by atoms with van der Waals surface area (Å²) in [6.07, 6.45) is 9.25. The highest BCUT2D eigenvalue weighted by atomic mass is 16.6. The maximum atomic E-state index is 13.3. The highest BCUT2D eigenvalue weighted by Crippen LogP contribution is 2.45. The number of rotatable bonds is 8. The van der Waals surface area contributed by atoms with Crippen molar-refractivity contribution in [2.45, 2.75) is 112 Å². The summed E-state index contributed by atoms with van der Waals surface area (Å²) in [5.74, 6) is 0.863. The van der Waals surface area contributed by atoms with Gasteiger partial charge in [-0.3, -0.25) is 4.79 Å². The average Bonchev–Trinajstić information content (AvgIpc) is 2.53. The van der Waals surface area contributed by atoms with E-state index < -0.39 is 5.41 Å². The highest BCUT2D eigenvalue weighted by Gasteiger charge is 2.46. The Morgan fingerprint density at radius 3 is 2.04 bits per heavy atom. The van der Waals surface area contributed by atoms with Gasteiger partial charge in [0.2, 0.25) is 0 Å². The molecule has 2 unspecified atom stereocenters. The molecule has 1 aliphatic rings. The van der Waals surface area contributed by atoms with Gasteiger partial charge < -0.3 is 4.74 Å². The fourth-order valence-corrected chi connectivity index (χ4v) is 4.25. The van der Waals surface area contributed by atoms with Crippen molar-refractivity contribution in [1.82, 2.24) is 0 Å². The van der Waals surface area contributed by atoms with E-state index in [2.05, 4.69) is 55.4 Å². The van der Waals surface area contributed by atoms with Crippen LogP contribution in [0.3, 0.4) is 0 Å². The lowest BCUT2D eigenvalue weighted by atomic mass is 9.66. The summed E-state index contributed by atoms with van der Waals surface area (Å²) in [6.45, 7) is 17.5. The largest absolute Gasteiger partial charge is 0.459 e. The van der Waals surface area contributed by atoms with Gasteiger partial charge in [-0.1, -0.05) is 66.7 Å². The van der Waals surface area contributed by atoms with E-state index >= 15 is 0 Å². The summed E-state index contributed by atoms with van der Waals surface area (Å²) in [4.78, 5) is 13.3. The normalized spacial score (nSPS) is 21.2. The van der Waals surface area contributed by atoms with Gasteiger partial charge in [0.1, 0.15) is 5.60 Å². The van der Waals surface area contributed by atoms with Gasteiger partial charge in [0.15, 0.2) is 0 Å². The van der Waals surface area contributed by atoms with E-state index in [9.17, 15) is 4.79 Å². The lowest BCUT2D eigenvalue weighted by Crippen LogP contribution is -2.46. The van der Waals surface area contributed by atoms with Crippen LogP contribution in [0.15, 0.2) is 0 Å². The topological polar surface area (TPSA) is 26.3 Å². The Hall–Kier alpha value is -0.530. The average molecular weight is 339 g/mol. The fourth-order valence-electron chi connectivity index (χ4n) is 4.25. The van der Waals surface area contributed by atoms with Gasteiger partial charge in [-0.25, -0.2) is 0 Å². The molecule has 2 atom stereocenters. The van der Waals surface area contributed by atoms with Crippen LogP contribution >= 0.6 is 0 Å². The van der Waals surface area contributed by atoms with Crippen LogP contribution in [0.4, 0.5) is 0 Å². The van der Waals surface area contributed by atoms with E-state index in [1.54, 1.807) is 0 Å². The second-order valence-electron chi connectivity index (χ2n) is 9.75. The molecule has 0 aromatic rings.